The molecule has 2 aliphatic heterocycles. The largest absolute Gasteiger partial charge is 0.481 e. The SMILES string of the molecule is O=C(O)C1CCN(S(=O)(=O)c2ccc(N3CCCS3(=O)=O)cc2)CC1. The molecule has 138 valence electrons. The Morgan fingerprint density at radius 1 is 1.08 bits per heavy atom. The van der Waals surface area contributed by atoms with Gasteiger partial charge in [0, 0.05) is 19.6 Å². The molecule has 0 saturated carbocycles. The first kappa shape index (κ1) is 18.2. The number of nitrogens with zero attached hydrogens (tertiary/aromatic N) is 2. The molecule has 2 fully saturated rings. The number of rotatable bonds is 4. The summed E-state index contributed by atoms with van der Waals surface area (Å²) in [6.45, 7) is 0.736. The first-order valence-electron chi connectivity index (χ1n) is 8.05. The fraction of sp³-hybridized carbons (Fsp3) is 0.533. The third-order valence-corrected chi connectivity index (χ3v) is 8.45. The molecule has 1 N–H and O–H groups in total. The lowest BCUT2D eigenvalue weighted by Crippen LogP contribution is -2.40. The predicted octanol–water partition coefficient (Wildman–Crippen LogP) is 0.712. The van der Waals surface area contributed by atoms with Gasteiger partial charge in [-0.25, -0.2) is 16.8 Å². The van der Waals surface area contributed by atoms with Gasteiger partial charge in [-0.15, -0.1) is 0 Å². The molecule has 25 heavy (non-hydrogen) atoms. The van der Waals surface area contributed by atoms with Crippen molar-refractivity contribution in [3.05, 3.63) is 24.3 Å². The van der Waals surface area contributed by atoms with Crippen LogP contribution in [0.15, 0.2) is 29.2 Å². The molecule has 0 aromatic heterocycles. The summed E-state index contributed by atoms with van der Waals surface area (Å²) in [6.07, 6.45) is 1.14. The number of aliphatic carboxylic acids is 1. The summed E-state index contributed by atoms with van der Waals surface area (Å²) in [5.74, 6) is -1.30. The summed E-state index contributed by atoms with van der Waals surface area (Å²) in [5.41, 5.74) is 0.459. The second-order valence-corrected chi connectivity index (χ2v) is 10.2. The van der Waals surface area contributed by atoms with E-state index in [1.165, 1.54) is 32.9 Å². The van der Waals surface area contributed by atoms with Gasteiger partial charge in [-0.1, -0.05) is 0 Å². The van der Waals surface area contributed by atoms with Gasteiger partial charge in [0.15, 0.2) is 0 Å². The number of hydrogen-bond donors (Lipinski definition) is 1. The van der Waals surface area contributed by atoms with Crippen LogP contribution in [0, 0.1) is 5.92 Å². The molecule has 2 saturated heterocycles. The zero-order valence-electron chi connectivity index (χ0n) is 13.5. The molecular formula is C15H20N2O6S2. The lowest BCUT2D eigenvalue weighted by molar-refractivity contribution is -0.142. The van der Waals surface area contributed by atoms with Crippen molar-refractivity contribution in [2.24, 2.45) is 5.92 Å². The number of anilines is 1. The fourth-order valence-electron chi connectivity index (χ4n) is 3.21. The van der Waals surface area contributed by atoms with Crippen molar-refractivity contribution in [2.75, 3.05) is 29.7 Å². The molecule has 0 bridgehead atoms. The Labute approximate surface area is 147 Å². The fourth-order valence-corrected chi connectivity index (χ4v) is 6.24. The van der Waals surface area contributed by atoms with Crippen LogP contribution in [0.25, 0.3) is 0 Å². The van der Waals surface area contributed by atoms with Crippen LogP contribution in [0.2, 0.25) is 0 Å². The number of sulfonamides is 2. The summed E-state index contributed by atoms with van der Waals surface area (Å²) in [5, 5.41) is 9.00. The molecule has 3 rings (SSSR count). The van der Waals surface area contributed by atoms with E-state index in [9.17, 15) is 21.6 Å². The number of carboxylic acid groups (broad SMARTS) is 1. The highest BCUT2D eigenvalue weighted by molar-refractivity contribution is 7.93. The van der Waals surface area contributed by atoms with Crippen LogP contribution >= 0.6 is 0 Å². The maximum absolute atomic E-state index is 12.7. The average molecular weight is 388 g/mol. The standard InChI is InChI=1S/C15H20N2O6S2/c18-15(19)12-6-9-16(10-7-12)25(22,23)14-4-2-13(3-5-14)17-8-1-11-24(17,20)21/h2-5,12H,1,6-11H2,(H,18,19). The molecule has 0 amide bonds. The highest BCUT2D eigenvalue weighted by atomic mass is 32.2. The van der Waals surface area contributed by atoms with Gasteiger partial charge < -0.3 is 5.11 Å². The Kier molecular flexibility index (Phi) is 4.78. The number of carboxylic acids is 1. The Hall–Kier alpha value is -1.65. The van der Waals surface area contributed by atoms with E-state index in [0.29, 0.717) is 31.5 Å². The summed E-state index contributed by atoms with van der Waals surface area (Å²) < 4.78 is 51.8. The summed E-state index contributed by atoms with van der Waals surface area (Å²) in [7, 11) is -7.01. The number of benzene rings is 1. The quantitative estimate of drug-likeness (QED) is 0.813. The highest BCUT2D eigenvalue weighted by Crippen LogP contribution is 2.28. The van der Waals surface area contributed by atoms with Gasteiger partial charge in [-0.2, -0.15) is 4.31 Å². The molecule has 0 radical (unpaired) electrons. The van der Waals surface area contributed by atoms with E-state index >= 15 is 0 Å². The van der Waals surface area contributed by atoms with Gasteiger partial charge in [-0.3, -0.25) is 9.10 Å². The van der Waals surface area contributed by atoms with Gasteiger partial charge >= 0.3 is 5.97 Å². The van der Waals surface area contributed by atoms with E-state index in [0.717, 1.165) is 0 Å². The van der Waals surface area contributed by atoms with Crippen molar-refractivity contribution in [1.82, 2.24) is 4.31 Å². The smallest absolute Gasteiger partial charge is 0.306 e. The molecule has 8 nitrogen and oxygen atoms in total. The van der Waals surface area contributed by atoms with Crippen molar-refractivity contribution in [2.45, 2.75) is 24.2 Å². The molecule has 0 aliphatic carbocycles. The normalized spacial score (nSPS) is 22.2. The van der Waals surface area contributed by atoms with E-state index < -0.39 is 31.9 Å². The first-order valence-corrected chi connectivity index (χ1v) is 11.1. The molecule has 0 unspecified atom stereocenters. The van der Waals surface area contributed by atoms with Crippen LogP contribution in [0.4, 0.5) is 5.69 Å². The summed E-state index contributed by atoms with van der Waals surface area (Å²) in [6, 6.07) is 5.81. The minimum Gasteiger partial charge on any atom is -0.481 e. The predicted molar refractivity (Wildman–Crippen MR) is 91.3 cm³/mol. The molecule has 1 aromatic carbocycles. The lowest BCUT2D eigenvalue weighted by Gasteiger charge is -2.29. The maximum atomic E-state index is 12.7. The minimum atomic E-state index is -3.71. The molecule has 1 aromatic rings. The highest BCUT2D eigenvalue weighted by Gasteiger charge is 2.33. The second kappa shape index (κ2) is 6.58. The Morgan fingerprint density at radius 2 is 1.68 bits per heavy atom. The van der Waals surface area contributed by atoms with Gasteiger partial charge in [0.1, 0.15) is 0 Å². The van der Waals surface area contributed by atoms with Crippen LogP contribution < -0.4 is 4.31 Å². The number of carbonyl (C=O) groups is 1. The maximum Gasteiger partial charge on any atom is 0.306 e. The van der Waals surface area contributed by atoms with Gasteiger partial charge in [0.05, 0.1) is 22.3 Å². The second-order valence-electron chi connectivity index (χ2n) is 6.25. The van der Waals surface area contributed by atoms with Crippen molar-refractivity contribution >= 4 is 31.7 Å². The van der Waals surface area contributed by atoms with Gasteiger partial charge in [0.25, 0.3) is 0 Å². The Morgan fingerprint density at radius 3 is 2.16 bits per heavy atom. The van der Waals surface area contributed by atoms with Crippen LogP contribution in [-0.4, -0.2) is 57.6 Å². The molecule has 2 aliphatic rings. The molecule has 10 heteroatoms. The van der Waals surface area contributed by atoms with Crippen LogP contribution in [-0.2, 0) is 24.8 Å². The van der Waals surface area contributed by atoms with Crippen LogP contribution in [0.1, 0.15) is 19.3 Å². The van der Waals surface area contributed by atoms with E-state index in [2.05, 4.69) is 0 Å². The topological polar surface area (TPSA) is 112 Å². The van der Waals surface area contributed by atoms with E-state index in [4.69, 9.17) is 5.11 Å². The Bertz CT molecular complexity index is 856. The van der Waals surface area contributed by atoms with E-state index in [-0.39, 0.29) is 23.7 Å². The van der Waals surface area contributed by atoms with Gasteiger partial charge in [-0.05, 0) is 43.5 Å². The zero-order chi connectivity index (χ0) is 18.2. The average Bonchev–Trinajstić information content (AvgIpc) is 2.94. The zero-order valence-corrected chi connectivity index (χ0v) is 15.2. The van der Waals surface area contributed by atoms with E-state index in [1.54, 1.807) is 0 Å². The minimum absolute atomic E-state index is 0.0848. The molecule has 0 atom stereocenters. The molecular weight excluding hydrogens is 368 g/mol. The summed E-state index contributed by atoms with van der Waals surface area (Å²) in [4.78, 5) is 11.1. The van der Waals surface area contributed by atoms with Crippen LogP contribution in [0.5, 0.6) is 0 Å². The number of piperidine rings is 1. The third-order valence-electron chi connectivity index (χ3n) is 4.66. The molecule has 0 spiro atoms. The number of hydrogen-bond acceptors (Lipinski definition) is 5. The van der Waals surface area contributed by atoms with Gasteiger partial charge in [0.2, 0.25) is 20.0 Å². The van der Waals surface area contributed by atoms with Crippen LogP contribution in [0.3, 0.4) is 0 Å². The van der Waals surface area contributed by atoms with Crippen molar-refractivity contribution in [3.63, 3.8) is 0 Å². The van der Waals surface area contributed by atoms with Crippen molar-refractivity contribution in [3.8, 4) is 0 Å². The van der Waals surface area contributed by atoms with Crippen molar-refractivity contribution < 1.29 is 26.7 Å². The Balaban J connectivity index is 1.76. The van der Waals surface area contributed by atoms with E-state index in [1.807, 2.05) is 0 Å². The summed E-state index contributed by atoms with van der Waals surface area (Å²) >= 11 is 0. The third kappa shape index (κ3) is 3.51. The van der Waals surface area contributed by atoms with Crippen molar-refractivity contribution in [1.29, 1.82) is 0 Å². The lowest BCUT2D eigenvalue weighted by atomic mass is 9.99. The monoisotopic (exact) mass is 388 g/mol. The molecule has 2 heterocycles. The first-order chi connectivity index (χ1) is 11.7.